The summed E-state index contributed by atoms with van der Waals surface area (Å²) in [5.41, 5.74) is 3.83. The Bertz CT molecular complexity index is 624. The number of benzene rings is 1. The van der Waals surface area contributed by atoms with E-state index in [0.29, 0.717) is 5.41 Å². The molecule has 0 radical (unpaired) electrons. The summed E-state index contributed by atoms with van der Waals surface area (Å²) in [6, 6.07) is 7.98. The normalized spacial score (nSPS) is 17.1. The molecule has 0 aliphatic carbocycles. The van der Waals surface area contributed by atoms with E-state index in [1.807, 2.05) is 12.1 Å². The van der Waals surface area contributed by atoms with Gasteiger partial charge in [-0.2, -0.15) is 0 Å². The Morgan fingerprint density at radius 2 is 1.53 bits per heavy atom. The topological polar surface area (TPSA) is 23.6 Å². The minimum Gasteiger partial charge on any atom is -0.376 e. The van der Waals surface area contributed by atoms with E-state index in [0.717, 1.165) is 24.2 Å². The number of unbranched alkanes of at least 4 members (excludes halogenated alkanes) is 1. The Kier molecular flexibility index (Phi) is 13.6. The third-order valence-corrected chi connectivity index (χ3v) is 5.93. The summed E-state index contributed by atoms with van der Waals surface area (Å²) in [5, 5.41) is 0. The minimum absolute atomic E-state index is 0.500. The Hall–Kier alpha value is -1.61. The summed E-state index contributed by atoms with van der Waals surface area (Å²) in [4.78, 5) is 15.4. The van der Waals surface area contributed by atoms with Crippen LogP contribution in [0.1, 0.15) is 95.5 Å². The zero-order chi connectivity index (χ0) is 24.0. The van der Waals surface area contributed by atoms with Gasteiger partial charge in [-0.05, 0) is 82.5 Å². The lowest BCUT2D eigenvalue weighted by atomic mass is 9.90. The molecular formula is C29H50N2O. The number of aldehydes is 1. The SMILES string of the molecule is C=C(C)N1CCC(CCCCc2ccc(C=O)cc2)CC1.CC(C)(C)C.CN1CCCC1. The van der Waals surface area contributed by atoms with Gasteiger partial charge in [0.2, 0.25) is 0 Å². The van der Waals surface area contributed by atoms with Crippen LogP contribution in [-0.4, -0.2) is 49.3 Å². The van der Waals surface area contributed by atoms with Gasteiger partial charge >= 0.3 is 0 Å². The first kappa shape index (κ1) is 28.4. The molecule has 1 aromatic carbocycles. The second-order valence-corrected chi connectivity index (χ2v) is 11.3. The van der Waals surface area contributed by atoms with Gasteiger partial charge in [-0.25, -0.2) is 0 Å². The fourth-order valence-electron chi connectivity index (χ4n) is 4.00. The first-order chi connectivity index (χ1) is 15.1. The first-order valence-corrected chi connectivity index (χ1v) is 12.7. The fourth-order valence-corrected chi connectivity index (χ4v) is 4.00. The molecule has 0 bridgehead atoms. The fraction of sp³-hybridized carbons (Fsp3) is 0.690. The molecule has 2 saturated heterocycles. The van der Waals surface area contributed by atoms with Gasteiger partial charge in [0.1, 0.15) is 6.29 Å². The summed E-state index contributed by atoms with van der Waals surface area (Å²) in [6.07, 6.45) is 11.4. The molecule has 32 heavy (non-hydrogen) atoms. The lowest BCUT2D eigenvalue weighted by molar-refractivity contribution is 0.112. The molecule has 2 fully saturated rings. The van der Waals surface area contributed by atoms with Crippen molar-refractivity contribution < 1.29 is 4.79 Å². The number of likely N-dealkylation sites (tertiary alicyclic amines) is 2. The molecule has 3 heteroatoms. The molecule has 0 N–H and O–H groups in total. The van der Waals surface area contributed by atoms with E-state index in [-0.39, 0.29) is 0 Å². The lowest BCUT2D eigenvalue weighted by Crippen LogP contribution is -2.31. The standard InChI is InChI=1S/C19H27NO.C5H11N.C5H12/c1-16(2)20-13-11-18(12-14-20)6-4-3-5-17-7-9-19(15-21)10-8-17;1-6-4-2-3-5-6;1-5(2,3)4/h7-10,15,18H,1,3-6,11-14H2,2H3;2-5H2,1H3;1-4H3. The van der Waals surface area contributed by atoms with Crippen molar-refractivity contribution >= 4 is 6.29 Å². The molecule has 0 unspecified atom stereocenters. The number of aryl methyl sites for hydroxylation is 1. The second kappa shape index (κ2) is 15.3. The van der Waals surface area contributed by atoms with E-state index in [1.54, 1.807) is 0 Å². The molecule has 0 atom stereocenters. The smallest absolute Gasteiger partial charge is 0.150 e. The molecule has 0 saturated carbocycles. The number of piperidine rings is 1. The van der Waals surface area contributed by atoms with Crippen molar-refractivity contribution in [2.24, 2.45) is 11.3 Å². The largest absolute Gasteiger partial charge is 0.376 e. The Morgan fingerprint density at radius 3 is 1.94 bits per heavy atom. The quantitative estimate of drug-likeness (QED) is 0.329. The molecule has 2 heterocycles. The monoisotopic (exact) mass is 442 g/mol. The van der Waals surface area contributed by atoms with Gasteiger partial charge < -0.3 is 9.80 Å². The highest BCUT2D eigenvalue weighted by molar-refractivity contribution is 5.74. The predicted molar refractivity (Wildman–Crippen MR) is 140 cm³/mol. The Labute approximate surface area is 199 Å². The zero-order valence-corrected chi connectivity index (χ0v) is 22.0. The average Bonchev–Trinajstić information content (AvgIpc) is 3.22. The summed E-state index contributed by atoms with van der Waals surface area (Å²) in [5.74, 6) is 0.901. The van der Waals surface area contributed by atoms with Crippen LogP contribution in [0.5, 0.6) is 0 Å². The van der Waals surface area contributed by atoms with Crippen molar-refractivity contribution in [3.05, 3.63) is 47.7 Å². The van der Waals surface area contributed by atoms with Gasteiger partial charge in [0.05, 0.1) is 0 Å². The highest BCUT2D eigenvalue weighted by atomic mass is 16.1. The molecule has 3 nitrogen and oxygen atoms in total. The number of hydrogen-bond acceptors (Lipinski definition) is 3. The Morgan fingerprint density at radius 1 is 1.00 bits per heavy atom. The Balaban J connectivity index is 0.000000381. The molecule has 2 aliphatic rings. The zero-order valence-electron chi connectivity index (χ0n) is 22.0. The third kappa shape index (κ3) is 14.5. The summed E-state index contributed by atoms with van der Waals surface area (Å²) < 4.78 is 0. The molecule has 2 aliphatic heterocycles. The van der Waals surface area contributed by atoms with E-state index in [4.69, 9.17) is 0 Å². The van der Waals surface area contributed by atoms with Crippen LogP contribution in [-0.2, 0) is 6.42 Å². The van der Waals surface area contributed by atoms with E-state index in [1.165, 1.54) is 82.4 Å². The number of carbonyl (C=O) groups excluding carboxylic acids is 1. The average molecular weight is 443 g/mol. The van der Waals surface area contributed by atoms with Crippen LogP contribution in [0.4, 0.5) is 0 Å². The van der Waals surface area contributed by atoms with Gasteiger partial charge in [0.25, 0.3) is 0 Å². The molecule has 0 spiro atoms. The predicted octanol–water partition coefficient (Wildman–Crippen LogP) is 7.22. The van der Waals surface area contributed by atoms with Crippen LogP contribution >= 0.6 is 0 Å². The number of hydrogen-bond donors (Lipinski definition) is 0. The maximum Gasteiger partial charge on any atom is 0.150 e. The molecule has 0 aromatic heterocycles. The van der Waals surface area contributed by atoms with E-state index >= 15 is 0 Å². The molecule has 182 valence electrons. The highest BCUT2D eigenvalue weighted by Crippen LogP contribution is 2.24. The van der Waals surface area contributed by atoms with Gasteiger partial charge in [0, 0.05) is 24.4 Å². The van der Waals surface area contributed by atoms with Crippen LogP contribution < -0.4 is 0 Å². The van der Waals surface area contributed by atoms with E-state index in [9.17, 15) is 4.79 Å². The van der Waals surface area contributed by atoms with Gasteiger partial charge in [0.15, 0.2) is 0 Å². The number of nitrogens with zero attached hydrogens (tertiary/aromatic N) is 2. The van der Waals surface area contributed by atoms with Crippen molar-refractivity contribution in [2.75, 3.05) is 33.2 Å². The summed E-state index contributed by atoms with van der Waals surface area (Å²) in [7, 11) is 2.17. The maximum absolute atomic E-state index is 10.6. The van der Waals surface area contributed by atoms with Crippen LogP contribution in [0.15, 0.2) is 36.5 Å². The van der Waals surface area contributed by atoms with Crippen molar-refractivity contribution in [3.8, 4) is 0 Å². The minimum atomic E-state index is 0.500. The maximum atomic E-state index is 10.6. The van der Waals surface area contributed by atoms with E-state index in [2.05, 4.69) is 70.2 Å². The van der Waals surface area contributed by atoms with Crippen LogP contribution in [0.25, 0.3) is 0 Å². The number of rotatable bonds is 7. The van der Waals surface area contributed by atoms with Gasteiger partial charge in [-0.15, -0.1) is 0 Å². The molecule has 3 rings (SSSR count). The number of carbonyl (C=O) groups is 1. The summed E-state index contributed by atoms with van der Waals surface area (Å²) in [6.45, 7) is 19.9. The highest BCUT2D eigenvalue weighted by Gasteiger charge is 2.18. The van der Waals surface area contributed by atoms with Crippen molar-refractivity contribution in [1.82, 2.24) is 9.80 Å². The van der Waals surface area contributed by atoms with E-state index < -0.39 is 0 Å². The van der Waals surface area contributed by atoms with Gasteiger partial charge in [-0.3, -0.25) is 4.79 Å². The van der Waals surface area contributed by atoms with Crippen LogP contribution in [0, 0.1) is 11.3 Å². The first-order valence-electron chi connectivity index (χ1n) is 12.7. The van der Waals surface area contributed by atoms with Crippen molar-refractivity contribution in [3.63, 3.8) is 0 Å². The number of allylic oxidation sites excluding steroid dienone is 1. The van der Waals surface area contributed by atoms with Crippen molar-refractivity contribution in [1.29, 1.82) is 0 Å². The van der Waals surface area contributed by atoms with Gasteiger partial charge in [-0.1, -0.05) is 71.4 Å². The van der Waals surface area contributed by atoms with Crippen LogP contribution in [0.2, 0.25) is 0 Å². The molecule has 0 amide bonds. The lowest BCUT2D eigenvalue weighted by Gasteiger charge is -2.33. The summed E-state index contributed by atoms with van der Waals surface area (Å²) >= 11 is 0. The molecular weight excluding hydrogens is 392 g/mol. The third-order valence-electron chi connectivity index (χ3n) is 5.93. The van der Waals surface area contributed by atoms with Crippen LogP contribution in [0.3, 0.4) is 0 Å². The molecule has 1 aromatic rings. The van der Waals surface area contributed by atoms with Crippen molar-refractivity contribution in [2.45, 2.75) is 86.0 Å². The second-order valence-electron chi connectivity index (χ2n) is 11.3.